The lowest BCUT2D eigenvalue weighted by Crippen LogP contribution is -2.37. The first-order valence-corrected chi connectivity index (χ1v) is 12.6. The molecule has 1 amide bonds. The van der Waals surface area contributed by atoms with Gasteiger partial charge < -0.3 is 24.2 Å². The van der Waals surface area contributed by atoms with Gasteiger partial charge in [0.25, 0.3) is 0 Å². The molecule has 192 valence electrons. The van der Waals surface area contributed by atoms with Crippen molar-refractivity contribution in [2.75, 3.05) is 26.3 Å². The Labute approximate surface area is 212 Å². The quantitative estimate of drug-likeness (QED) is 0.272. The highest BCUT2D eigenvalue weighted by atomic mass is 35.5. The lowest BCUT2D eigenvalue weighted by atomic mass is 10.1. The number of nitrogens with zero attached hydrogens (tertiary/aromatic N) is 1. The Bertz CT molecular complexity index is 888. The average molecular weight is 506 g/mol. The second kappa shape index (κ2) is 16.0. The van der Waals surface area contributed by atoms with E-state index in [1.165, 1.54) is 6.42 Å². The number of halogens is 1. The zero-order valence-electron chi connectivity index (χ0n) is 20.6. The van der Waals surface area contributed by atoms with Gasteiger partial charge in [-0.25, -0.2) is 9.59 Å². The van der Waals surface area contributed by atoms with Crippen LogP contribution in [-0.4, -0.2) is 54.5 Å². The summed E-state index contributed by atoms with van der Waals surface area (Å²) in [5.41, 5.74) is 0.846. The Hall–Kier alpha value is -2.77. The highest BCUT2D eigenvalue weighted by Gasteiger charge is 2.18. The maximum Gasteiger partial charge on any atom is 0.415 e. The third-order valence-electron chi connectivity index (χ3n) is 5.43. The number of carbonyl (C=O) groups excluding carboxylic acids is 1. The minimum atomic E-state index is -0.979. The van der Waals surface area contributed by atoms with Gasteiger partial charge in [-0.1, -0.05) is 56.3 Å². The van der Waals surface area contributed by atoms with Crippen LogP contribution in [0, 0.1) is 0 Å². The van der Waals surface area contributed by atoms with Gasteiger partial charge in [0.05, 0.1) is 6.54 Å². The molecule has 1 atom stereocenters. The molecule has 35 heavy (non-hydrogen) atoms. The van der Waals surface area contributed by atoms with E-state index in [1.807, 2.05) is 12.1 Å². The molecule has 0 bridgehead atoms. The molecule has 0 radical (unpaired) electrons. The molecule has 0 aliphatic rings. The van der Waals surface area contributed by atoms with Crippen molar-refractivity contribution in [1.29, 1.82) is 0 Å². The van der Waals surface area contributed by atoms with Crippen molar-refractivity contribution in [2.45, 2.75) is 58.5 Å². The number of benzene rings is 2. The molecule has 0 fully saturated rings. The summed E-state index contributed by atoms with van der Waals surface area (Å²) < 4.78 is 16.6. The van der Waals surface area contributed by atoms with E-state index in [0.29, 0.717) is 42.8 Å². The second-order valence-electron chi connectivity index (χ2n) is 8.20. The summed E-state index contributed by atoms with van der Waals surface area (Å²) >= 11 is 5.91. The molecular weight excluding hydrogens is 470 g/mol. The molecule has 8 heteroatoms. The minimum Gasteiger partial charge on any atom is -0.492 e. The van der Waals surface area contributed by atoms with Gasteiger partial charge in [0.2, 0.25) is 0 Å². The molecule has 0 saturated heterocycles. The molecule has 1 N–H and O–H groups in total. The van der Waals surface area contributed by atoms with Crippen molar-refractivity contribution < 1.29 is 28.9 Å². The normalized spacial score (nSPS) is 11.6. The molecule has 2 aromatic carbocycles. The number of amides is 1. The second-order valence-corrected chi connectivity index (χ2v) is 8.64. The van der Waals surface area contributed by atoms with Crippen LogP contribution in [0.4, 0.5) is 4.79 Å². The van der Waals surface area contributed by atoms with Gasteiger partial charge in [0.1, 0.15) is 18.1 Å². The Kier molecular flexibility index (Phi) is 13.0. The molecule has 0 saturated carbocycles. The standard InChI is InChI=1S/C27H36ClNO6/c1-3-5-6-7-8-17-29(27(32)35-24-15-11-22(28)12-16-24)18-19-34-23-13-9-21(10-14-23)20-25(26(30)31)33-4-2/h9-16,25H,3-8,17-20H2,1-2H3,(H,30,31). The van der Waals surface area contributed by atoms with E-state index in [9.17, 15) is 14.7 Å². The maximum atomic E-state index is 12.8. The number of hydrogen-bond acceptors (Lipinski definition) is 5. The zero-order chi connectivity index (χ0) is 25.5. The smallest absolute Gasteiger partial charge is 0.415 e. The van der Waals surface area contributed by atoms with E-state index in [0.717, 1.165) is 31.2 Å². The first-order chi connectivity index (χ1) is 16.9. The number of rotatable bonds is 16. The topological polar surface area (TPSA) is 85.3 Å². The van der Waals surface area contributed by atoms with E-state index in [1.54, 1.807) is 48.2 Å². The van der Waals surface area contributed by atoms with E-state index >= 15 is 0 Å². The molecular formula is C27H36ClNO6. The van der Waals surface area contributed by atoms with Gasteiger partial charge >= 0.3 is 12.1 Å². The van der Waals surface area contributed by atoms with Gasteiger partial charge in [-0.3, -0.25) is 0 Å². The summed E-state index contributed by atoms with van der Waals surface area (Å²) in [6.07, 6.45) is 4.44. The van der Waals surface area contributed by atoms with Crippen molar-refractivity contribution in [3.8, 4) is 11.5 Å². The Morgan fingerprint density at radius 3 is 2.20 bits per heavy atom. The summed E-state index contributed by atoms with van der Waals surface area (Å²) in [6.45, 7) is 5.56. The van der Waals surface area contributed by atoms with E-state index in [2.05, 4.69) is 6.92 Å². The lowest BCUT2D eigenvalue weighted by molar-refractivity contribution is -0.149. The van der Waals surface area contributed by atoms with Crippen LogP contribution < -0.4 is 9.47 Å². The minimum absolute atomic E-state index is 0.284. The SMILES string of the molecule is CCCCCCCN(CCOc1ccc(CC(OCC)C(=O)O)cc1)C(=O)Oc1ccc(Cl)cc1. The van der Waals surface area contributed by atoms with Gasteiger partial charge in [0.15, 0.2) is 6.10 Å². The van der Waals surface area contributed by atoms with Crippen molar-refractivity contribution >= 4 is 23.7 Å². The van der Waals surface area contributed by atoms with Crippen LogP contribution in [0.15, 0.2) is 48.5 Å². The highest BCUT2D eigenvalue weighted by Crippen LogP contribution is 2.18. The monoisotopic (exact) mass is 505 g/mol. The van der Waals surface area contributed by atoms with Gasteiger partial charge in [-0.15, -0.1) is 0 Å². The van der Waals surface area contributed by atoms with Gasteiger partial charge in [-0.05, 0) is 55.3 Å². The number of carboxylic acids is 1. The maximum absolute atomic E-state index is 12.8. The number of ether oxygens (including phenoxy) is 3. The first-order valence-electron chi connectivity index (χ1n) is 12.2. The van der Waals surface area contributed by atoms with Crippen molar-refractivity contribution in [2.24, 2.45) is 0 Å². The molecule has 0 aliphatic heterocycles. The number of aliphatic carboxylic acids is 1. The fourth-order valence-electron chi connectivity index (χ4n) is 3.50. The third kappa shape index (κ3) is 11.0. The van der Waals surface area contributed by atoms with E-state index < -0.39 is 18.2 Å². The van der Waals surface area contributed by atoms with Crippen molar-refractivity contribution in [1.82, 2.24) is 4.90 Å². The largest absolute Gasteiger partial charge is 0.492 e. The van der Waals surface area contributed by atoms with Crippen LogP contribution in [-0.2, 0) is 16.0 Å². The summed E-state index contributed by atoms with van der Waals surface area (Å²) in [4.78, 5) is 25.7. The van der Waals surface area contributed by atoms with Crippen LogP contribution in [0.5, 0.6) is 11.5 Å². The molecule has 0 heterocycles. The van der Waals surface area contributed by atoms with Gasteiger partial charge in [-0.2, -0.15) is 0 Å². The molecule has 1 unspecified atom stereocenters. The number of hydrogen-bond donors (Lipinski definition) is 1. The summed E-state index contributed by atoms with van der Waals surface area (Å²) in [5.74, 6) is 0.108. The fourth-order valence-corrected chi connectivity index (χ4v) is 3.62. The number of carbonyl (C=O) groups is 2. The molecule has 0 spiro atoms. The van der Waals surface area contributed by atoms with Crippen molar-refractivity contribution in [3.63, 3.8) is 0 Å². The molecule has 0 aliphatic carbocycles. The summed E-state index contributed by atoms with van der Waals surface area (Å²) in [7, 11) is 0. The van der Waals surface area contributed by atoms with Crippen molar-refractivity contribution in [3.05, 3.63) is 59.1 Å². The fraction of sp³-hybridized carbons (Fsp3) is 0.481. The molecule has 0 aromatic heterocycles. The predicted octanol–water partition coefficient (Wildman–Crippen LogP) is 6.22. The van der Waals surface area contributed by atoms with Crippen LogP contribution >= 0.6 is 11.6 Å². The number of unbranched alkanes of at least 4 members (excludes halogenated alkanes) is 4. The van der Waals surface area contributed by atoms with E-state index in [-0.39, 0.29) is 6.42 Å². The zero-order valence-corrected chi connectivity index (χ0v) is 21.3. The Morgan fingerprint density at radius 2 is 1.57 bits per heavy atom. The molecule has 2 rings (SSSR count). The van der Waals surface area contributed by atoms with Crippen LogP contribution in [0.1, 0.15) is 51.5 Å². The summed E-state index contributed by atoms with van der Waals surface area (Å²) in [6, 6.07) is 13.9. The Morgan fingerprint density at radius 1 is 0.914 bits per heavy atom. The van der Waals surface area contributed by atoms with Gasteiger partial charge in [0, 0.05) is 24.6 Å². The number of carboxylic acid groups (broad SMARTS) is 1. The Balaban J connectivity index is 1.89. The van der Waals surface area contributed by atoms with Crippen LogP contribution in [0.25, 0.3) is 0 Å². The third-order valence-corrected chi connectivity index (χ3v) is 5.68. The molecule has 2 aromatic rings. The molecule has 7 nitrogen and oxygen atoms in total. The summed E-state index contributed by atoms with van der Waals surface area (Å²) in [5, 5.41) is 9.82. The average Bonchev–Trinajstić information content (AvgIpc) is 2.84. The van der Waals surface area contributed by atoms with Crippen LogP contribution in [0.3, 0.4) is 0 Å². The van der Waals surface area contributed by atoms with Crippen LogP contribution in [0.2, 0.25) is 5.02 Å². The predicted molar refractivity (Wildman–Crippen MR) is 136 cm³/mol. The van der Waals surface area contributed by atoms with E-state index in [4.69, 9.17) is 25.8 Å². The highest BCUT2D eigenvalue weighted by molar-refractivity contribution is 6.30. The lowest BCUT2D eigenvalue weighted by Gasteiger charge is -2.22. The first kappa shape index (κ1) is 28.5.